The fourth-order valence-corrected chi connectivity index (χ4v) is 3.27. The topological polar surface area (TPSA) is 85.2 Å². The van der Waals surface area contributed by atoms with Gasteiger partial charge in [0, 0.05) is 5.69 Å². The van der Waals surface area contributed by atoms with Crippen molar-refractivity contribution >= 4 is 28.1 Å². The van der Waals surface area contributed by atoms with Gasteiger partial charge >= 0.3 is 0 Å². The minimum Gasteiger partial charge on any atom is -0.509 e. The van der Waals surface area contributed by atoms with Crippen LogP contribution in [0.5, 0.6) is 5.75 Å². The number of aromatic nitrogens is 2. The van der Waals surface area contributed by atoms with Crippen molar-refractivity contribution in [2.24, 2.45) is 0 Å². The van der Waals surface area contributed by atoms with E-state index in [2.05, 4.69) is 9.97 Å². The number of hydrogen-bond acceptors (Lipinski definition) is 4. The van der Waals surface area contributed by atoms with E-state index in [1.54, 1.807) is 4.90 Å². The predicted octanol–water partition coefficient (Wildman–Crippen LogP) is 4.43. The monoisotopic (exact) mass is 362 g/mol. The molecule has 0 amide bonds. The fourth-order valence-electron chi connectivity index (χ4n) is 3.27. The Balaban J connectivity index is 1.62. The Morgan fingerprint density at radius 2 is 1.93 bits per heavy atom. The summed E-state index contributed by atoms with van der Waals surface area (Å²) in [5, 5.41) is 19.1. The largest absolute Gasteiger partial charge is 0.509 e. The highest BCUT2D eigenvalue weighted by Gasteiger charge is 2.31. The molecule has 0 bridgehead atoms. The van der Waals surface area contributed by atoms with Crippen LogP contribution in [0.4, 0.5) is 5.69 Å². The van der Waals surface area contributed by atoms with Gasteiger partial charge in [0.25, 0.3) is 0 Å². The number of aromatic amines is 1. The number of ether oxygens (including phenoxy) is 1. The van der Waals surface area contributed by atoms with Crippen LogP contribution in [-0.4, -0.2) is 33.6 Å². The van der Waals surface area contributed by atoms with Gasteiger partial charge in [-0.1, -0.05) is 6.07 Å². The molecule has 6 nitrogen and oxygen atoms in total. The number of rotatable bonds is 4. The van der Waals surface area contributed by atoms with E-state index < -0.39 is 0 Å². The van der Waals surface area contributed by atoms with E-state index in [-0.39, 0.29) is 24.2 Å². The summed E-state index contributed by atoms with van der Waals surface area (Å²) < 4.78 is 5.67. The first-order valence-corrected chi connectivity index (χ1v) is 8.94. The lowest BCUT2D eigenvalue weighted by atomic mass is 10.2. The Labute approximate surface area is 157 Å². The number of imidazole rings is 1. The van der Waals surface area contributed by atoms with Crippen molar-refractivity contribution in [3.05, 3.63) is 59.6 Å². The Morgan fingerprint density at radius 3 is 2.63 bits per heavy atom. The average molecular weight is 362 g/mol. The summed E-state index contributed by atoms with van der Waals surface area (Å²) in [7, 11) is 0. The number of H-pyrrole nitrogens is 1. The zero-order valence-electron chi connectivity index (χ0n) is 15.6. The van der Waals surface area contributed by atoms with Crippen LogP contribution in [0, 0.1) is 12.3 Å². The third-order valence-electron chi connectivity index (χ3n) is 4.50. The molecular formula is C21H22N4O2. The number of hydrogen-bond donors (Lipinski definition) is 3. The van der Waals surface area contributed by atoms with Gasteiger partial charge in [-0.15, -0.1) is 0 Å². The maximum Gasteiger partial charge on any atom is 0.145 e. The Bertz CT molecular complexity index is 1050. The number of fused-ring (bicyclic) bond motifs is 1. The van der Waals surface area contributed by atoms with Gasteiger partial charge in [0.05, 0.1) is 29.3 Å². The van der Waals surface area contributed by atoms with Gasteiger partial charge in [-0.05, 0) is 62.7 Å². The molecule has 0 saturated carbocycles. The van der Waals surface area contributed by atoms with E-state index >= 15 is 0 Å². The molecule has 3 aromatic rings. The second-order valence-electron chi connectivity index (χ2n) is 7.02. The number of anilines is 1. The summed E-state index contributed by atoms with van der Waals surface area (Å²) in [6.07, 6.45) is 0.106. The zero-order valence-corrected chi connectivity index (χ0v) is 15.6. The highest BCUT2D eigenvalue weighted by molar-refractivity contribution is 6.30. The SMILES string of the molecule is Cc1ccc2nc(C3=C(O)CN(c4ccc(OC(C)C)cc4)C3=N)[nH]c2c1. The molecular weight excluding hydrogens is 340 g/mol. The number of aryl methyl sites for hydroxylation is 1. The summed E-state index contributed by atoms with van der Waals surface area (Å²) in [4.78, 5) is 9.53. The highest BCUT2D eigenvalue weighted by atomic mass is 16.5. The lowest BCUT2D eigenvalue weighted by Crippen LogP contribution is -2.26. The van der Waals surface area contributed by atoms with Crippen LogP contribution in [0.1, 0.15) is 25.2 Å². The number of amidine groups is 1. The molecule has 1 aliphatic heterocycles. The van der Waals surface area contributed by atoms with Crippen molar-refractivity contribution in [3.8, 4) is 5.75 Å². The van der Waals surface area contributed by atoms with Crippen LogP contribution in [0.2, 0.25) is 0 Å². The Hall–Kier alpha value is -3.28. The maximum atomic E-state index is 10.5. The van der Waals surface area contributed by atoms with Gasteiger partial charge in [0.2, 0.25) is 0 Å². The molecule has 0 spiro atoms. The van der Waals surface area contributed by atoms with E-state index in [1.807, 2.05) is 63.2 Å². The molecule has 138 valence electrons. The first-order valence-electron chi connectivity index (χ1n) is 8.94. The second-order valence-corrected chi connectivity index (χ2v) is 7.02. The average Bonchev–Trinajstić information content (AvgIpc) is 3.14. The molecule has 1 aromatic heterocycles. The van der Waals surface area contributed by atoms with E-state index in [0.717, 1.165) is 28.0 Å². The third kappa shape index (κ3) is 3.14. The molecule has 3 N–H and O–H groups in total. The molecule has 0 unspecified atom stereocenters. The molecule has 6 heteroatoms. The standard InChI is InChI=1S/C21H22N4O2/c1-12(2)27-15-7-5-14(6-8-15)25-11-18(26)19(20(25)22)21-23-16-9-4-13(3)10-17(16)24-21/h4-10,12,22,26H,11H2,1-3H3,(H,23,24). The smallest absolute Gasteiger partial charge is 0.145 e. The van der Waals surface area contributed by atoms with Gasteiger partial charge in [-0.2, -0.15) is 0 Å². The molecule has 0 aliphatic carbocycles. The zero-order chi connectivity index (χ0) is 19.1. The molecule has 2 heterocycles. The van der Waals surface area contributed by atoms with Crippen LogP contribution in [0.3, 0.4) is 0 Å². The quantitative estimate of drug-likeness (QED) is 0.641. The number of aliphatic hydroxyl groups is 1. The van der Waals surface area contributed by atoms with Crippen LogP contribution < -0.4 is 9.64 Å². The molecule has 0 saturated heterocycles. The first kappa shape index (κ1) is 17.1. The summed E-state index contributed by atoms with van der Waals surface area (Å²) in [5.74, 6) is 1.66. The number of nitrogens with zero attached hydrogens (tertiary/aromatic N) is 2. The van der Waals surface area contributed by atoms with Crippen molar-refractivity contribution in [2.45, 2.75) is 26.9 Å². The van der Waals surface area contributed by atoms with Crippen molar-refractivity contribution < 1.29 is 9.84 Å². The highest BCUT2D eigenvalue weighted by Crippen LogP contribution is 2.31. The number of benzene rings is 2. The fraction of sp³-hybridized carbons (Fsp3) is 0.238. The predicted molar refractivity (Wildman–Crippen MR) is 108 cm³/mol. The Kier molecular flexibility index (Phi) is 4.11. The van der Waals surface area contributed by atoms with Crippen molar-refractivity contribution in [1.82, 2.24) is 9.97 Å². The second kappa shape index (κ2) is 6.46. The van der Waals surface area contributed by atoms with Crippen molar-refractivity contribution in [1.29, 1.82) is 5.41 Å². The van der Waals surface area contributed by atoms with Gasteiger partial charge in [0.1, 0.15) is 23.2 Å². The third-order valence-corrected chi connectivity index (χ3v) is 4.50. The summed E-state index contributed by atoms with van der Waals surface area (Å²) in [5.41, 5.74) is 4.10. The maximum absolute atomic E-state index is 10.5. The molecule has 27 heavy (non-hydrogen) atoms. The van der Waals surface area contributed by atoms with Crippen LogP contribution >= 0.6 is 0 Å². The lowest BCUT2D eigenvalue weighted by Gasteiger charge is -2.19. The molecule has 0 radical (unpaired) electrons. The first-order chi connectivity index (χ1) is 12.9. The number of nitrogens with one attached hydrogen (secondary N) is 2. The summed E-state index contributed by atoms with van der Waals surface area (Å²) >= 11 is 0. The van der Waals surface area contributed by atoms with E-state index in [9.17, 15) is 5.11 Å². The molecule has 1 aliphatic rings. The molecule has 2 aromatic carbocycles. The van der Waals surface area contributed by atoms with Gasteiger partial charge in [-0.25, -0.2) is 4.98 Å². The summed E-state index contributed by atoms with van der Waals surface area (Å²) in [6.45, 7) is 6.22. The van der Waals surface area contributed by atoms with Gasteiger partial charge in [0.15, 0.2) is 0 Å². The van der Waals surface area contributed by atoms with E-state index in [0.29, 0.717) is 11.4 Å². The number of aliphatic hydroxyl groups excluding tert-OH is 1. The lowest BCUT2D eigenvalue weighted by molar-refractivity contribution is 0.242. The normalized spacial score (nSPS) is 14.7. The van der Waals surface area contributed by atoms with Crippen molar-refractivity contribution in [3.63, 3.8) is 0 Å². The minimum absolute atomic E-state index is 0.106. The molecule has 0 fully saturated rings. The van der Waals surface area contributed by atoms with Crippen LogP contribution in [0.15, 0.2) is 48.2 Å². The Morgan fingerprint density at radius 1 is 1.19 bits per heavy atom. The molecule has 4 rings (SSSR count). The van der Waals surface area contributed by atoms with E-state index in [1.165, 1.54) is 0 Å². The van der Waals surface area contributed by atoms with E-state index in [4.69, 9.17) is 10.1 Å². The van der Waals surface area contributed by atoms with Crippen LogP contribution in [0.25, 0.3) is 16.6 Å². The minimum atomic E-state index is 0.106. The van der Waals surface area contributed by atoms with Gasteiger partial charge in [-0.3, -0.25) is 5.41 Å². The molecule has 0 atom stereocenters. The summed E-state index contributed by atoms with van der Waals surface area (Å²) in [6, 6.07) is 13.5. The van der Waals surface area contributed by atoms with Gasteiger partial charge < -0.3 is 19.7 Å². The van der Waals surface area contributed by atoms with Crippen LogP contribution in [-0.2, 0) is 0 Å². The van der Waals surface area contributed by atoms with Crippen molar-refractivity contribution in [2.75, 3.05) is 11.4 Å².